The van der Waals surface area contributed by atoms with Crippen molar-refractivity contribution in [1.29, 1.82) is 0 Å². The average molecular weight is 344 g/mol. The summed E-state index contributed by atoms with van der Waals surface area (Å²) in [6, 6.07) is 7.39. The smallest absolute Gasteiger partial charge is 0.258 e. The highest BCUT2D eigenvalue weighted by molar-refractivity contribution is 6.04. The van der Waals surface area contributed by atoms with Crippen LogP contribution >= 0.6 is 0 Å². The van der Waals surface area contributed by atoms with Gasteiger partial charge in [-0.3, -0.25) is 9.59 Å². The molecule has 0 saturated carbocycles. The van der Waals surface area contributed by atoms with E-state index in [0.29, 0.717) is 30.3 Å². The number of carbonyl (C=O) groups excluding carboxylic acids is 2. The Kier molecular flexibility index (Phi) is 4.78. The Morgan fingerprint density at radius 3 is 2.84 bits per heavy atom. The lowest BCUT2D eigenvalue weighted by Crippen LogP contribution is -2.48. The number of piperazine rings is 1. The van der Waals surface area contributed by atoms with Crippen LogP contribution in [0.25, 0.3) is 0 Å². The Morgan fingerprint density at radius 1 is 1.36 bits per heavy atom. The van der Waals surface area contributed by atoms with Crippen LogP contribution in [0.2, 0.25) is 0 Å². The van der Waals surface area contributed by atoms with E-state index in [9.17, 15) is 14.0 Å². The first-order chi connectivity index (χ1) is 12.1. The number of anilines is 2. The maximum absolute atomic E-state index is 13.9. The third kappa shape index (κ3) is 3.85. The Balaban J connectivity index is 1.68. The standard InChI is InChI=1S/C17H17FN4O3/c1-25-12-3-4-13(14(18)8-12)17(24)21-11-2-5-15(20-9-11)22-7-6-19-16(23)10-22/h2-5,8-9H,6-7,10H2,1H3,(H,19,23)(H,21,24). The van der Waals surface area contributed by atoms with Gasteiger partial charge in [-0.15, -0.1) is 0 Å². The Bertz CT molecular complexity index is 795. The largest absolute Gasteiger partial charge is 0.497 e. The quantitative estimate of drug-likeness (QED) is 0.876. The molecule has 0 spiro atoms. The second kappa shape index (κ2) is 7.16. The van der Waals surface area contributed by atoms with Gasteiger partial charge < -0.3 is 20.3 Å². The molecule has 1 aliphatic heterocycles. The number of benzene rings is 1. The summed E-state index contributed by atoms with van der Waals surface area (Å²) in [4.78, 5) is 29.7. The second-order valence-corrected chi connectivity index (χ2v) is 5.48. The molecule has 1 aliphatic rings. The minimum Gasteiger partial charge on any atom is -0.497 e. The number of pyridine rings is 1. The topological polar surface area (TPSA) is 83.6 Å². The molecule has 2 amide bonds. The van der Waals surface area contributed by atoms with Crippen LogP contribution in [-0.2, 0) is 4.79 Å². The summed E-state index contributed by atoms with van der Waals surface area (Å²) in [5.74, 6) is -0.317. The van der Waals surface area contributed by atoms with Gasteiger partial charge in [-0.25, -0.2) is 9.37 Å². The molecule has 0 aliphatic carbocycles. The van der Waals surface area contributed by atoms with Crippen LogP contribution in [0, 0.1) is 5.82 Å². The predicted molar refractivity (Wildman–Crippen MR) is 90.4 cm³/mol. The number of amides is 2. The van der Waals surface area contributed by atoms with Gasteiger partial charge in [0.1, 0.15) is 17.4 Å². The summed E-state index contributed by atoms with van der Waals surface area (Å²) >= 11 is 0. The number of halogens is 1. The monoisotopic (exact) mass is 344 g/mol. The second-order valence-electron chi connectivity index (χ2n) is 5.48. The summed E-state index contributed by atoms with van der Waals surface area (Å²) in [5.41, 5.74) is 0.350. The molecule has 0 radical (unpaired) electrons. The first kappa shape index (κ1) is 16.7. The lowest BCUT2D eigenvalue weighted by atomic mass is 10.2. The van der Waals surface area contributed by atoms with Crippen LogP contribution in [0.4, 0.5) is 15.9 Å². The summed E-state index contributed by atoms with van der Waals surface area (Å²) < 4.78 is 18.8. The van der Waals surface area contributed by atoms with Gasteiger partial charge in [0.15, 0.2) is 0 Å². The van der Waals surface area contributed by atoms with Crippen molar-refractivity contribution in [2.75, 3.05) is 37.0 Å². The molecule has 7 nitrogen and oxygen atoms in total. The van der Waals surface area contributed by atoms with Gasteiger partial charge >= 0.3 is 0 Å². The number of aromatic nitrogens is 1. The fourth-order valence-corrected chi connectivity index (χ4v) is 2.49. The highest BCUT2D eigenvalue weighted by atomic mass is 19.1. The van der Waals surface area contributed by atoms with Crippen LogP contribution in [-0.4, -0.2) is 43.5 Å². The SMILES string of the molecule is COc1ccc(C(=O)Nc2ccc(N3CCNC(=O)C3)nc2)c(F)c1. The molecule has 2 N–H and O–H groups in total. The summed E-state index contributed by atoms with van der Waals surface area (Å²) in [6.45, 7) is 1.48. The van der Waals surface area contributed by atoms with Crippen molar-refractivity contribution >= 4 is 23.3 Å². The van der Waals surface area contributed by atoms with E-state index in [1.807, 2.05) is 4.90 Å². The maximum Gasteiger partial charge on any atom is 0.258 e. The van der Waals surface area contributed by atoms with Crippen molar-refractivity contribution in [3.63, 3.8) is 0 Å². The fourth-order valence-electron chi connectivity index (χ4n) is 2.49. The molecule has 0 atom stereocenters. The summed E-state index contributed by atoms with van der Waals surface area (Å²) in [6.07, 6.45) is 1.47. The number of hydrogen-bond donors (Lipinski definition) is 2. The van der Waals surface area contributed by atoms with Gasteiger partial charge in [0.05, 0.1) is 31.1 Å². The molecule has 25 heavy (non-hydrogen) atoms. The fraction of sp³-hybridized carbons (Fsp3) is 0.235. The van der Waals surface area contributed by atoms with Crippen molar-refractivity contribution in [3.05, 3.63) is 47.9 Å². The molecule has 0 bridgehead atoms. The van der Waals surface area contributed by atoms with E-state index in [1.54, 1.807) is 12.1 Å². The number of ether oxygens (including phenoxy) is 1. The van der Waals surface area contributed by atoms with Gasteiger partial charge in [0, 0.05) is 19.2 Å². The highest BCUT2D eigenvalue weighted by Gasteiger charge is 2.18. The number of carbonyl (C=O) groups is 2. The maximum atomic E-state index is 13.9. The average Bonchev–Trinajstić information content (AvgIpc) is 2.62. The zero-order valence-corrected chi connectivity index (χ0v) is 13.6. The van der Waals surface area contributed by atoms with Crippen LogP contribution in [0.1, 0.15) is 10.4 Å². The van der Waals surface area contributed by atoms with Crippen molar-refractivity contribution in [3.8, 4) is 5.75 Å². The zero-order chi connectivity index (χ0) is 17.8. The number of nitrogens with zero attached hydrogens (tertiary/aromatic N) is 2. The van der Waals surface area contributed by atoms with Gasteiger partial charge in [0.25, 0.3) is 5.91 Å². The Morgan fingerprint density at radius 2 is 2.20 bits per heavy atom. The molecular formula is C17H17FN4O3. The highest BCUT2D eigenvalue weighted by Crippen LogP contribution is 2.19. The third-order valence-electron chi connectivity index (χ3n) is 3.79. The van der Waals surface area contributed by atoms with Crippen molar-refractivity contribution in [2.24, 2.45) is 0 Å². The summed E-state index contributed by atoms with van der Waals surface area (Å²) in [7, 11) is 1.42. The van der Waals surface area contributed by atoms with Gasteiger partial charge in [-0.2, -0.15) is 0 Å². The molecule has 1 aromatic carbocycles. The first-order valence-electron chi connectivity index (χ1n) is 7.69. The molecule has 1 fully saturated rings. The Hall–Kier alpha value is -3.16. The number of hydrogen-bond acceptors (Lipinski definition) is 5. The molecule has 1 saturated heterocycles. The van der Waals surface area contributed by atoms with E-state index in [1.165, 1.54) is 25.4 Å². The predicted octanol–water partition coefficient (Wildman–Crippen LogP) is 1.42. The van der Waals surface area contributed by atoms with E-state index in [-0.39, 0.29) is 18.0 Å². The molecule has 1 aromatic heterocycles. The molecule has 8 heteroatoms. The van der Waals surface area contributed by atoms with Crippen LogP contribution < -0.4 is 20.3 Å². The molecule has 2 aromatic rings. The van der Waals surface area contributed by atoms with Crippen molar-refractivity contribution in [2.45, 2.75) is 0 Å². The van der Waals surface area contributed by atoms with E-state index in [0.717, 1.165) is 6.07 Å². The number of methoxy groups -OCH3 is 1. The first-order valence-corrected chi connectivity index (χ1v) is 7.69. The molecule has 0 unspecified atom stereocenters. The molecule has 3 rings (SSSR count). The lowest BCUT2D eigenvalue weighted by molar-refractivity contribution is -0.120. The lowest BCUT2D eigenvalue weighted by Gasteiger charge is -2.27. The van der Waals surface area contributed by atoms with E-state index in [4.69, 9.17) is 4.74 Å². The molecule has 2 heterocycles. The molecular weight excluding hydrogens is 327 g/mol. The zero-order valence-electron chi connectivity index (χ0n) is 13.6. The number of rotatable bonds is 4. The van der Waals surface area contributed by atoms with Gasteiger partial charge in [0.2, 0.25) is 5.91 Å². The minimum atomic E-state index is -0.666. The van der Waals surface area contributed by atoms with Crippen LogP contribution in [0.15, 0.2) is 36.5 Å². The van der Waals surface area contributed by atoms with E-state index >= 15 is 0 Å². The normalized spacial score (nSPS) is 14.0. The van der Waals surface area contributed by atoms with E-state index < -0.39 is 11.7 Å². The van der Waals surface area contributed by atoms with Gasteiger partial charge in [-0.05, 0) is 24.3 Å². The Labute approximate surface area is 143 Å². The van der Waals surface area contributed by atoms with Gasteiger partial charge in [-0.1, -0.05) is 0 Å². The van der Waals surface area contributed by atoms with Crippen LogP contribution in [0.5, 0.6) is 5.75 Å². The van der Waals surface area contributed by atoms with Crippen molar-refractivity contribution in [1.82, 2.24) is 10.3 Å². The summed E-state index contributed by atoms with van der Waals surface area (Å²) in [5, 5.41) is 5.34. The minimum absolute atomic E-state index is 0.0552. The third-order valence-corrected chi connectivity index (χ3v) is 3.79. The van der Waals surface area contributed by atoms with E-state index in [2.05, 4.69) is 15.6 Å². The number of nitrogens with one attached hydrogen (secondary N) is 2. The van der Waals surface area contributed by atoms with Crippen molar-refractivity contribution < 1.29 is 18.7 Å². The van der Waals surface area contributed by atoms with Crippen LogP contribution in [0.3, 0.4) is 0 Å². The molecule has 130 valence electrons.